The summed E-state index contributed by atoms with van der Waals surface area (Å²) in [5.41, 5.74) is -5.21. The zero-order valence-corrected chi connectivity index (χ0v) is 40.4. The van der Waals surface area contributed by atoms with Crippen LogP contribution in [0.1, 0.15) is 107 Å². The van der Waals surface area contributed by atoms with Crippen LogP contribution < -0.4 is 5.32 Å². The van der Waals surface area contributed by atoms with Crippen LogP contribution in [0.25, 0.3) is 14.9 Å². The van der Waals surface area contributed by atoms with Crippen molar-refractivity contribution < 1.29 is 46.4 Å². The Hall–Kier alpha value is -3.65. The highest BCUT2D eigenvalue weighted by Crippen LogP contribution is 2.67. The van der Waals surface area contributed by atoms with E-state index in [4.69, 9.17) is 15.6 Å². The van der Waals surface area contributed by atoms with Crippen molar-refractivity contribution in [2.75, 3.05) is 37.8 Å². The van der Waals surface area contributed by atoms with Crippen molar-refractivity contribution in [1.29, 1.82) is 0 Å². The summed E-state index contributed by atoms with van der Waals surface area (Å²) in [5, 5.41) is 2.78. The van der Waals surface area contributed by atoms with E-state index >= 15 is 8.78 Å². The van der Waals surface area contributed by atoms with Crippen LogP contribution in [-0.2, 0) is 38.5 Å². The van der Waals surface area contributed by atoms with E-state index in [0.29, 0.717) is 36.9 Å². The Labute approximate surface area is 386 Å². The monoisotopic (exact) mass is 958 g/mol. The van der Waals surface area contributed by atoms with E-state index in [0.717, 1.165) is 65.4 Å². The maximum Gasteiger partial charge on any atom is 0.404 e. The maximum atomic E-state index is 16.5. The summed E-state index contributed by atoms with van der Waals surface area (Å²) in [4.78, 5) is 74.7. The normalized spacial score (nSPS) is 22.2. The quantitative estimate of drug-likeness (QED) is 0.0943. The summed E-state index contributed by atoms with van der Waals surface area (Å²) in [6, 6.07) is 12.6. The third-order valence-electron chi connectivity index (χ3n) is 11.7. The van der Waals surface area contributed by atoms with Crippen molar-refractivity contribution in [2.45, 2.75) is 116 Å². The van der Waals surface area contributed by atoms with Crippen LogP contribution in [0.4, 0.5) is 8.78 Å². The van der Waals surface area contributed by atoms with Gasteiger partial charge >= 0.3 is 13.3 Å². The fourth-order valence-corrected chi connectivity index (χ4v) is 12.5. The minimum absolute atomic E-state index is 0.0466. The number of rotatable bonds is 14. The van der Waals surface area contributed by atoms with Crippen LogP contribution in [0.5, 0.6) is 0 Å². The molecule has 0 aliphatic carbocycles. The summed E-state index contributed by atoms with van der Waals surface area (Å²) in [6.07, 6.45) is 3.73. The van der Waals surface area contributed by atoms with Crippen LogP contribution in [0.3, 0.4) is 0 Å². The van der Waals surface area contributed by atoms with Crippen LogP contribution in [0.15, 0.2) is 54.6 Å². The lowest BCUT2D eigenvalue weighted by Crippen LogP contribution is -2.56. The van der Waals surface area contributed by atoms with Gasteiger partial charge in [0.1, 0.15) is 12.1 Å². The minimum Gasteiger partial charge on any atom is -0.340 e. The average molecular weight is 959 g/mol. The van der Waals surface area contributed by atoms with Crippen LogP contribution in [0.2, 0.25) is 0 Å². The first-order valence-electron chi connectivity index (χ1n) is 21.6. The first-order valence-corrected chi connectivity index (χ1v) is 26.0. The SMILES string of the molecule is [C-]#[N+][C@@H]1CN(C(=O)[C@@H]2CC[C@@H]3CCCC[C@H](NC(=O)c4cc5cc(C(F)(F)P(=O)(OCCSC(=O)C(C)(C)C)OCCSC(=O)C(C)(C)C)ccc5s4)C(=O)N32)C[C@H]1c1ccccc1. The minimum atomic E-state index is -5.27. The molecule has 12 nitrogen and oxygen atoms in total. The fourth-order valence-electron chi connectivity index (χ4n) is 8.19. The van der Waals surface area contributed by atoms with Gasteiger partial charge in [-0.1, -0.05) is 114 Å². The van der Waals surface area contributed by atoms with E-state index in [-0.39, 0.29) is 62.3 Å². The number of halogens is 2. The Morgan fingerprint density at radius 2 is 1.50 bits per heavy atom. The predicted molar refractivity (Wildman–Crippen MR) is 249 cm³/mol. The molecule has 3 aromatic rings. The molecule has 2 aromatic carbocycles. The average Bonchev–Trinajstić information content (AvgIpc) is 4.00. The van der Waals surface area contributed by atoms with Crippen molar-refractivity contribution >= 4 is 80.5 Å². The van der Waals surface area contributed by atoms with E-state index in [9.17, 15) is 28.5 Å². The van der Waals surface area contributed by atoms with Crippen molar-refractivity contribution in [3.8, 4) is 0 Å². The number of amides is 3. The fraction of sp³-hybridized carbons (Fsp3) is 0.565. The number of hydrogen-bond donors (Lipinski definition) is 1. The number of thiophene rings is 1. The summed E-state index contributed by atoms with van der Waals surface area (Å²) in [6.45, 7) is 17.9. The largest absolute Gasteiger partial charge is 0.404 e. The van der Waals surface area contributed by atoms with Gasteiger partial charge in [0, 0.05) is 45.2 Å². The second-order valence-corrected chi connectivity index (χ2v) is 23.9. The first kappa shape index (κ1) is 49.8. The van der Waals surface area contributed by atoms with Gasteiger partial charge in [-0.3, -0.25) is 28.5 Å². The van der Waals surface area contributed by atoms with Gasteiger partial charge in [0.05, 0.1) is 30.6 Å². The number of hydrogen-bond acceptors (Lipinski definition) is 11. The van der Waals surface area contributed by atoms with E-state index in [1.54, 1.807) is 51.3 Å². The van der Waals surface area contributed by atoms with Gasteiger partial charge in [-0.25, -0.2) is 6.57 Å². The Balaban J connectivity index is 1.16. The highest BCUT2D eigenvalue weighted by atomic mass is 32.2. The van der Waals surface area contributed by atoms with E-state index in [1.165, 1.54) is 12.1 Å². The molecule has 1 aromatic heterocycles. The number of carbonyl (C=O) groups excluding carboxylic acids is 5. The lowest BCUT2D eigenvalue weighted by atomic mass is 9.95. The predicted octanol–water partition coefficient (Wildman–Crippen LogP) is 9.73. The maximum absolute atomic E-state index is 16.5. The number of fused-ring (bicyclic) bond motifs is 2. The number of nitrogens with one attached hydrogen (secondary N) is 1. The van der Waals surface area contributed by atoms with E-state index in [2.05, 4.69) is 10.2 Å². The Kier molecular flexibility index (Phi) is 15.9. The van der Waals surface area contributed by atoms with Gasteiger partial charge < -0.3 is 29.0 Å². The molecule has 346 valence electrons. The molecule has 0 radical (unpaired) electrons. The molecule has 3 aliphatic heterocycles. The molecule has 4 heterocycles. The van der Waals surface area contributed by atoms with Crippen molar-refractivity contribution in [2.24, 2.45) is 10.8 Å². The second-order valence-electron chi connectivity index (χ2n) is 18.6. The molecule has 3 aliphatic rings. The van der Waals surface area contributed by atoms with Gasteiger partial charge in [-0.15, -0.1) is 11.3 Å². The summed E-state index contributed by atoms with van der Waals surface area (Å²) in [7, 11) is -5.27. The highest BCUT2D eigenvalue weighted by Gasteiger charge is 2.55. The molecule has 3 saturated heterocycles. The highest BCUT2D eigenvalue weighted by molar-refractivity contribution is 8.14. The Morgan fingerprint density at radius 1 is 0.875 bits per heavy atom. The van der Waals surface area contributed by atoms with Crippen LogP contribution >= 0.6 is 42.5 Å². The Morgan fingerprint density at radius 3 is 2.11 bits per heavy atom. The second kappa shape index (κ2) is 20.5. The first-order chi connectivity index (χ1) is 30.1. The van der Waals surface area contributed by atoms with Crippen LogP contribution in [-0.4, -0.2) is 99.7 Å². The van der Waals surface area contributed by atoms with E-state index < -0.39 is 66.9 Å². The number of nitrogens with zero attached hydrogens (tertiary/aromatic N) is 3. The number of carbonyl (C=O) groups is 5. The topological polar surface area (TPSA) is 144 Å². The standard InChI is InChI=1S/C46H57F2N4O8PS3/c1-44(2,3)42(56)62-23-21-59-61(58,60-22-24-63-43(57)45(4,5)6)46(47,48)31-17-20-37-30(25-31)26-38(64-37)39(53)50-34-16-12-11-15-32-18-19-36(52(32)40(34)54)41(55)51-27-33(35(28-51)49-7)29-13-9-8-10-14-29/h8-10,13-14,17,20,25-26,32-36H,11-12,15-16,18-19,21-24,27-28H2,1-6H3,(H,50,53)/t32-,33-,34-,35+,36-/m0/s1. The van der Waals surface area contributed by atoms with E-state index in [1.807, 2.05) is 30.3 Å². The van der Waals surface area contributed by atoms with Crippen molar-refractivity contribution in [3.63, 3.8) is 0 Å². The molecule has 0 bridgehead atoms. The summed E-state index contributed by atoms with van der Waals surface area (Å²) >= 11 is 2.80. The molecule has 64 heavy (non-hydrogen) atoms. The third kappa shape index (κ3) is 11.3. The molecule has 6 rings (SSSR count). The molecule has 0 spiro atoms. The zero-order valence-electron chi connectivity index (χ0n) is 37.1. The third-order valence-corrected chi connectivity index (χ3v) is 17.3. The molecule has 5 atom stereocenters. The lowest BCUT2D eigenvalue weighted by molar-refractivity contribution is -0.146. The van der Waals surface area contributed by atoms with Crippen LogP contribution in [0, 0.1) is 17.4 Å². The number of benzene rings is 2. The number of thioether (sulfide) groups is 2. The molecule has 3 fully saturated rings. The molecular weight excluding hydrogens is 902 g/mol. The molecule has 18 heteroatoms. The number of likely N-dealkylation sites (tertiary alicyclic amines) is 1. The van der Waals surface area contributed by atoms with Gasteiger partial charge in [0.25, 0.3) is 5.91 Å². The molecule has 0 unspecified atom stereocenters. The van der Waals surface area contributed by atoms with Gasteiger partial charge in [0.2, 0.25) is 17.9 Å². The molecule has 0 saturated carbocycles. The van der Waals surface area contributed by atoms with Crippen molar-refractivity contribution in [1.82, 2.24) is 15.1 Å². The number of alkyl halides is 2. The smallest absolute Gasteiger partial charge is 0.340 e. The van der Waals surface area contributed by atoms with Gasteiger partial charge in [-0.05, 0) is 54.8 Å². The van der Waals surface area contributed by atoms with Gasteiger partial charge in [-0.2, -0.15) is 8.78 Å². The summed E-state index contributed by atoms with van der Waals surface area (Å²) in [5.74, 6) is -1.32. The lowest BCUT2D eigenvalue weighted by Gasteiger charge is -2.36. The molecule has 3 amide bonds. The zero-order chi connectivity index (χ0) is 46.6. The molecular formula is C46H57F2N4O8PS3. The van der Waals surface area contributed by atoms with Gasteiger partial charge in [0.15, 0.2) is 10.2 Å². The Bertz CT molecular complexity index is 2270. The summed E-state index contributed by atoms with van der Waals surface area (Å²) < 4.78 is 58.2. The molecule has 1 N–H and O–H groups in total. The van der Waals surface area contributed by atoms with Crippen molar-refractivity contribution in [3.05, 3.63) is 82.0 Å².